The standard InChI is InChI=1S/C12H23NO2/c1-12(2,15)11(14)13(3)9-8-10-6-4-5-7-10/h10,15H,4-9H2,1-3H3. The zero-order chi connectivity index (χ0) is 11.5. The van der Waals surface area contributed by atoms with Crippen molar-refractivity contribution in [2.45, 2.75) is 51.6 Å². The first-order chi connectivity index (χ1) is 6.91. The molecule has 0 spiro atoms. The van der Waals surface area contributed by atoms with Crippen molar-refractivity contribution in [2.75, 3.05) is 13.6 Å². The molecule has 1 aliphatic carbocycles. The molecule has 0 aliphatic heterocycles. The van der Waals surface area contributed by atoms with E-state index in [1.165, 1.54) is 25.7 Å². The van der Waals surface area contributed by atoms with Gasteiger partial charge < -0.3 is 10.0 Å². The summed E-state index contributed by atoms with van der Waals surface area (Å²) in [7, 11) is 1.77. The molecule has 0 aromatic carbocycles. The van der Waals surface area contributed by atoms with E-state index < -0.39 is 5.60 Å². The Balaban J connectivity index is 2.28. The highest BCUT2D eigenvalue weighted by Crippen LogP contribution is 2.27. The number of rotatable bonds is 4. The third kappa shape index (κ3) is 3.82. The molecule has 1 saturated carbocycles. The van der Waals surface area contributed by atoms with Crippen molar-refractivity contribution in [3.63, 3.8) is 0 Å². The second-order valence-electron chi connectivity index (χ2n) is 5.22. The van der Waals surface area contributed by atoms with Crippen LogP contribution in [-0.4, -0.2) is 35.1 Å². The zero-order valence-electron chi connectivity index (χ0n) is 10.1. The lowest BCUT2D eigenvalue weighted by Crippen LogP contribution is -2.43. The number of aliphatic hydroxyl groups is 1. The summed E-state index contributed by atoms with van der Waals surface area (Å²) >= 11 is 0. The third-order valence-electron chi connectivity index (χ3n) is 3.22. The average molecular weight is 213 g/mol. The van der Waals surface area contributed by atoms with E-state index in [9.17, 15) is 9.90 Å². The van der Waals surface area contributed by atoms with E-state index in [2.05, 4.69) is 0 Å². The number of amides is 1. The molecular formula is C12H23NO2. The molecule has 0 radical (unpaired) electrons. The van der Waals surface area contributed by atoms with Gasteiger partial charge in [-0.25, -0.2) is 0 Å². The van der Waals surface area contributed by atoms with Gasteiger partial charge in [-0.05, 0) is 26.2 Å². The molecule has 1 rings (SSSR count). The molecule has 0 aromatic heterocycles. The fourth-order valence-corrected chi connectivity index (χ4v) is 2.24. The lowest BCUT2D eigenvalue weighted by Gasteiger charge is -2.25. The Kier molecular flexibility index (Phi) is 4.14. The van der Waals surface area contributed by atoms with E-state index in [0.29, 0.717) is 0 Å². The molecule has 0 unspecified atom stereocenters. The number of carbonyl (C=O) groups is 1. The first kappa shape index (κ1) is 12.5. The molecule has 0 saturated heterocycles. The van der Waals surface area contributed by atoms with Crippen LogP contribution in [0.4, 0.5) is 0 Å². The lowest BCUT2D eigenvalue weighted by atomic mass is 10.0. The van der Waals surface area contributed by atoms with Crippen molar-refractivity contribution in [1.29, 1.82) is 0 Å². The molecule has 0 heterocycles. The van der Waals surface area contributed by atoms with E-state index in [4.69, 9.17) is 0 Å². The molecule has 1 aliphatic rings. The van der Waals surface area contributed by atoms with Gasteiger partial charge in [0, 0.05) is 13.6 Å². The fraction of sp³-hybridized carbons (Fsp3) is 0.917. The minimum atomic E-state index is -1.23. The number of hydrogen-bond acceptors (Lipinski definition) is 2. The Morgan fingerprint density at radius 3 is 2.40 bits per heavy atom. The van der Waals surface area contributed by atoms with E-state index >= 15 is 0 Å². The van der Waals surface area contributed by atoms with Gasteiger partial charge in [0.05, 0.1) is 0 Å². The van der Waals surface area contributed by atoms with Crippen LogP contribution in [-0.2, 0) is 4.79 Å². The SMILES string of the molecule is CN(CCC1CCCC1)C(=O)C(C)(C)O. The summed E-state index contributed by atoms with van der Waals surface area (Å²) in [6.45, 7) is 3.86. The zero-order valence-corrected chi connectivity index (χ0v) is 10.1. The van der Waals surface area contributed by atoms with Crippen LogP contribution in [0.25, 0.3) is 0 Å². The van der Waals surface area contributed by atoms with Crippen LogP contribution in [0.1, 0.15) is 46.0 Å². The van der Waals surface area contributed by atoms with Crippen molar-refractivity contribution in [3.05, 3.63) is 0 Å². The summed E-state index contributed by atoms with van der Waals surface area (Å²) in [4.78, 5) is 13.3. The van der Waals surface area contributed by atoms with Gasteiger partial charge in [-0.1, -0.05) is 25.7 Å². The van der Waals surface area contributed by atoms with Crippen molar-refractivity contribution < 1.29 is 9.90 Å². The van der Waals surface area contributed by atoms with Crippen molar-refractivity contribution in [2.24, 2.45) is 5.92 Å². The minimum Gasteiger partial charge on any atom is -0.381 e. The Morgan fingerprint density at radius 2 is 1.93 bits per heavy atom. The summed E-state index contributed by atoms with van der Waals surface area (Å²) < 4.78 is 0. The molecule has 15 heavy (non-hydrogen) atoms. The van der Waals surface area contributed by atoms with Crippen LogP contribution in [0.3, 0.4) is 0 Å². The van der Waals surface area contributed by atoms with Crippen LogP contribution < -0.4 is 0 Å². The highest BCUT2D eigenvalue weighted by atomic mass is 16.3. The minimum absolute atomic E-state index is 0.180. The van der Waals surface area contributed by atoms with Gasteiger partial charge >= 0.3 is 0 Å². The topological polar surface area (TPSA) is 40.5 Å². The Morgan fingerprint density at radius 1 is 1.40 bits per heavy atom. The van der Waals surface area contributed by atoms with Crippen molar-refractivity contribution in [1.82, 2.24) is 4.90 Å². The van der Waals surface area contributed by atoms with Crippen LogP contribution in [0, 0.1) is 5.92 Å². The van der Waals surface area contributed by atoms with E-state index in [1.807, 2.05) is 0 Å². The van der Waals surface area contributed by atoms with Gasteiger partial charge in [-0.2, -0.15) is 0 Å². The van der Waals surface area contributed by atoms with Gasteiger partial charge in [-0.15, -0.1) is 0 Å². The number of likely N-dealkylation sites (N-methyl/N-ethyl adjacent to an activating group) is 1. The van der Waals surface area contributed by atoms with Crippen LogP contribution >= 0.6 is 0 Å². The third-order valence-corrected chi connectivity index (χ3v) is 3.22. The maximum Gasteiger partial charge on any atom is 0.253 e. The smallest absolute Gasteiger partial charge is 0.253 e. The van der Waals surface area contributed by atoms with Gasteiger partial charge in [0.2, 0.25) is 0 Å². The molecule has 3 heteroatoms. The molecule has 0 bridgehead atoms. The van der Waals surface area contributed by atoms with Gasteiger partial charge in [0.1, 0.15) is 5.60 Å². The molecule has 88 valence electrons. The monoisotopic (exact) mass is 213 g/mol. The quantitative estimate of drug-likeness (QED) is 0.773. The van der Waals surface area contributed by atoms with Gasteiger partial charge in [-0.3, -0.25) is 4.79 Å². The lowest BCUT2D eigenvalue weighted by molar-refractivity contribution is -0.146. The average Bonchev–Trinajstić information content (AvgIpc) is 2.63. The Hall–Kier alpha value is -0.570. The van der Waals surface area contributed by atoms with Crippen LogP contribution in [0.15, 0.2) is 0 Å². The molecule has 1 N–H and O–H groups in total. The van der Waals surface area contributed by atoms with Crippen LogP contribution in [0.5, 0.6) is 0 Å². The van der Waals surface area contributed by atoms with E-state index in [-0.39, 0.29) is 5.91 Å². The number of hydrogen-bond donors (Lipinski definition) is 1. The first-order valence-electron chi connectivity index (χ1n) is 5.89. The summed E-state index contributed by atoms with van der Waals surface area (Å²) in [6.07, 6.45) is 6.38. The molecule has 1 amide bonds. The number of nitrogens with zero attached hydrogens (tertiary/aromatic N) is 1. The van der Waals surface area contributed by atoms with Gasteiger partial charge in [0.15, 0.2) is 0 Å². The maximum absolute atomic E-state index is 11.6. The van der Waals surface area contributed by atoms with Gasteiger partial charge in [0.25, 0.3) is 5.91 Å². The summed E-state index contributed by atoms with van der Waals surface area (Å²) in [5, 5.41) is 9.56. The Bertz CT molecular complexity index is 214. The fourth-order valence-electron chi connectivity index (χ4n) is 2.24. The number of carbonyl (C=O) groups excluding carboxylic acids is 1. The molecule has 3 nitrogen and oxygen atoms in total. The first-order valence-corrected chi connectivity index (χ1v) is 5.89. The second kappa shape index (κ2) is 4.97. The summed E-state index contributed by atoms with van der Waals surface area (Å²) in [5.74, 6) is 0.613. The summed E-state index contributed by atoms with van der Waals surface area (Å²) in [5.41, 5.74) is -1.23. The van der Waals surface area contributed by atoms with E-state index in [0.717, 1.165) is 18.9 Å². The molecule has 1 fully saturated rings. The maximum atomic E-state index is 11.6. The summed E-state index contributed by atoms with van der Waals surface area (Å²) in [6, 6.07) is 0. The normalized spacial score (nSPS) is 18.1. The van der Waals surface area contributed by atoms with E-state index in [1.54, 1.807) is 25.8 Å². The van der Waals surface area contributed by atoms with Crippen LogP contribution in [0.2, 0.25) is 0 Å². The largest absolute Gasteiger partial charge is 0.381 e. The highest BCUT2D eigenvalue weighted by Gasteiger charge is 2.27. The second-order valence-corrected chi connectivity index (χ2v) is 5.22. The molecule has 0 aromatic rings. The predicted molar refractivity (Wildman–Crippen MR) is 60.5 cm³/mol. The molecule has 0 atom stereocenters. The Labute approximate surface area is 92.5 Å². The highest BCUT2D eigenvalue weighted by molar-refractivity contribution is 5.83. The van der Waals surface area contributed by atoms with Crippen molar-refractivity contribution in [3.8, 4) is 0 Å². The molecular weight excluding hydrogens is 190 g/mol. The van der Waals surface area contributed by atoms with Crippen molar-refractivity contribution >= 4 is 5.91 Å². The predicted octanol–water partition coefficient (Wildman–Crippen LogP) is 1.80.